The Balaban J connectivity index is 0.000000545. The number of carbonyl (C=O) groups excluding carboxylic acids is 2. The highest BCUT2D eigenvalue weighted by Crippen LogP contribution is 2.52. The average Bonchev–Trinajstić information content (AvgIpc) is 2.66. The van der Waals surface area contributed by atoms with Crippen molar-refractivity contribution in [2.24, 2.45) is 11.8 Å². The van der Waals surface area contributed by atoms with Gasteiger partial charge >= 0.3 is 5.97 Å². The van der Waals surface area contributed by atoms with Crippen LogP contribution in [0.25, 0.3) is 0 Å². The van der Waals surface area contributed by atoms with Crippen molar-refractivity contribution in [2.75, 3.05) is 5.88 Å². The predicted molar refractivity (Wildman–Crippen MR) is 83.4 cm³/mol. The van der Waals surface area contributed by atoms with Gasteiger partial charge in [0.25, 0.3) is 0 Å². The summed E-state index contributed by atoms with van der Waals surface area (Å²) in [5.74, 6) is -0.565. The van der Waals surface area contributed by atoms with Gasteiger partial charge in [0.2, 0.25) is 11.4 Å². The van der Waals surface area contributed by atoms with E-state index in [0.717, 1.165) is 25.1 Å². The lowest BCUT2D eigenvalue weighted by Gasteiger charge is -2.54. The van der Waals surface area contributed by atoms with E-state index in [2.05, 4.69) is 5.32 Å². The van der Waals surface area contributed by atoms with E-state index in [4.69, 9.17) is 16.3 Å². The van der Waals surface area contributed by atoms with Gasteiger partial charge in [0.05, 0.1) is 12.0 Å². The van der Waals surface area contributed by atoms with Gasteiger partial charge in [-0.15, -0.1) is 11.6 Å². The summed E-state index contributed by atoms with van der Waals surface area (Å²) in [6.07, 6.45) is 5.86. The minimum Gasteiger partial charge on any atom is -0.453 e. The molecule has 0 aromatic carbocycles. The van der Waals surface area contributed by atoms with E-state index in [0.29, 0.717) is 0 Å². The number of ether oxygens (including phenoxy) is 1. The molecule has 6 heteroatoms. The molecule has 2 aliphatic heterocycles. The van der Waals surface area contributed by atoms with Crippen LogP contribution in [0.5, 0.6) is 0 Å². The van der Waals surface area contributed by atoms with Crippen molar-refractivity contribution in [1.29, 1.82) is 0 Å². The molecule has 0 radical (unpaired) electrons. The van der Waals surface area contributed by atoms with Crippen molar-refractivity contribution in [3.8, 4) is 0 Å². The molecule has 2 N–H and O–H groups in total. The molecule has 5 atom stereocenters. The molecule has 2 saturated heterocycles. The van der Waals surface area contributed by atoms with Crippen molar-refractivity contribution < 1.29 is 19.4 Å². The molecule has 0 aromatic heterocycles. The number of carbonyl (C=O) groups is 2. The smallest absolute Gasteiger partial charge is 0.339 e. The maximum Gasteiger partial charge on any atom is 0.339 e. The van der Waals surface area contributed by atoms with Gasteiger partial charge in [-0.1, -0.05) is 19.1 Å². The highest BCUT2D eigenvalue weighted by molar-refractivity contribution is 6.17. The second kappa shape index (κ2) is 6.20. The number of alkyl halides is 1. The van der Waals surface area contributed by atoms with E-state index in [1.165, 1.54) is 0 Å². The van der Waals surface area contributed by atoms with E-state index in [9.17, 15) is 14.7 Å². The Hall–Kier alpha value is -1.07. The van der Waals surface area contributed by atoms with Crippen LogP contribution >= 0.6 is 11.6 Å². The molecule has 1 amide bonds. The molecule has 22 heavy (non-hydrogen) atoms. The lowest BCUT2D eigenvalue weighted by Crippen LogP contribution is -2.79. The van der Waals surface area contributed by atoms with Gasteiger partial charge in [-0.25, -0.2) is 4.79 Å². The van der Waals surface area contributed by atoms with Crippen molar-refractivity contribution >= 4 is 23.5 Å². The highest BCUT2D eigenvalue weighted by Gasteiger charge is 2.78. The molecule has 0 bridgehead atoms. The van der Waals surface area contributed by atoms with E-state index < -0.39 is 29.1 Å². The summed E-state index contributed by atoms with van der Waals surface area (Å²) in [6.45, 7) is 5.35. The molecular weight excluding hydrogens is 306 g/mol. The van der Waals surface area contributed by atoms with Crippen molar-refractivity contribution in [1.82, 2.24) is 5.32 Å². The lowest BCUT2D eigenvalue weighted by atomic mass is 9.65. The fourth-order valence-electron chi connectivity index (χ4n) is 3.58. The lowest BCUT2D eigenvalue weighted by molar-refractivity contribution is -0.237. The number of esters is 1. The summed E-state index contributed by atoms with van der Waals surface area (Å²) >= 11 is 5.00. The van der Waals surface area contributed by atoms with Crippen LogP contribution < -0.4 is 5.32 Å². The summed E-state index contributed by atoms with van der Waals surface area (Å²) in [5.41, 5.74) is -2.21. The SMILES string of the molecule is CCCl.C[C@H]1C(=O)N[C@@]2([C@@H](O)[C@@H]3C=CCCC3)C(=O)O[C@@]12C. The second-order valence-electron chi connectivity index (χ2n) is 6.25. The molecule has 0 unspecified atom stereocenters. The summed E-state index contributed by atoms with van der Waals surface area (Å²) in [7, 11) is 0. The number of allylic oxidation sites excluding steroid dienone is 1. The third kappa shape index (κ3) is 2.26. The Bertz CT molecular complexity index is 495. The van der Waals surface area contributed by atoms with E-state index >= 15 is 0 Å². The zero-order valence-electron chi connectivity index (χ0n) is 13.3. The van der Waals surface area contributed by atoms with Gasteiger partial charge in [-0.3, -0.25) is 4.79 Å². The van der Waals surface area contributed by atoms with Gasteiger partial charge in [0.15, 0.2) is 5.60 Å². The molecular formula is C16H24ClNO4. The minimum atomic E-state index is -1.27. The van der Waals surface area contributed by atoms with Crippen LogP contribution in [0.15, 0.2) is 12.2 Å². The standard InChI is InChI=1S/C14H19NO4.C2H5Cl/c1-8-11(17)15-14(12(18)19-13(8,14)2)10(16)9-6-4-3-5-7-9;1-2-3/h4,6,8-10,16H,3,5,7H2,1-2H3,(H,15,17);2H2,1H3/t8-,9+,10-,13-,14-;/m0./s1. The molecule has 0 aromatic rings. The third-order valence-electron chi connectivity index (χ3n) is 5.09. The number of amides is 1. The molecule has 0 spiro atoms. The van der Waals surface area contributed by atoms with Crippen LogP contribution in [0.1, 0.15) is 40.0 Å². The first kappa shape index (κ1) is 17.3. The minimum absolute atomic E-state index is 0.105. The zero-order valence-corrected chi connectivity index (χ0v) is 14.0. The maximum atomic E-state index is 12.0. The third-order valence-corrected chi connectivity index (χ3v) is 5.09. The van der Waals surface area contributed by atoms with Crippen LogP contribution in [0, 0.1) is 11.8 Å². The molecule has 5 nitrogen and oxygen atoms in total. The monoisotopic (exact) mass is 329 g/mol. The number of aliphatic hydroxyl groups excluding tert-OH is 1. The average molecular weight is 330 g/mol. The number of fused-ring (bicyclic) bond motifs is 1. The summed E-state index contributed by atoms with van der Waals surface area (Å²) in [6, 6.07) is 0. The molecule has 3 aliphatic rings. The number of hydrogen-bond donors (Lipinski definition) is 2. The number of hydrogen-bond acceptors (Lipinski definition) is 4. The van der Waals surface area contributed by atoms with E-state index in [1.54, 1.807) is 13.8 Å². The first-order valence-corrected chi connectivity index (χ1v) is 8.34. The van der Waals surface area contributed by atoms with Gasteiger partial charge in [-0.2, -0.15) is 0 Å². The van der Waals surface area contributed by atoms with E-state index in [1.807, 2.05) is 19.1 Å². The molecule has 124 valence electrons. The normalized spacial score (nSPS) is 40.6. The highest BCUT2D eigenvalue weighted by atomic mass is 35.5. The molecule has 2 fully saturated rings. The second-order valence-corrected chi connectivity index (χ2v) is 6.79. The van der Waals surface area contributed by atoms with Crippen LogP contribution in [0.4, 0.5) is 0 Å². The van der Waals surface area contributed by atoms with E-state index in [-0.39, 0.29) is 11.8 Å². The Kier molecular flexibility index (Phi) is 4.87. The Morgan fingerprint density at radius 1 is 1.55 bits per heavy atom. The number of nitrogens with one attached hydrogen (secondary N) is 1. The maximum absolute atomic E-state index is 12.0. The molecule has 3 rings (SSSR count). The van der Waals surface area contributed by atoms with Gasteiger partial charge in [0.1, 0.15) is 0 Å². The van der Waals surface area contributed by atoms with Gasteiger partial charge in [0, 0.05) is 11.8 Å². The van der Waals surface area contributed by atoms with Crippen molar-refractivity contribution in [2.45, 2.75) is 57.3 Å². The first-order valence-electron chi connectivity index (χ1n) is 7.81. The quantitative estimate of drug-likeness (QED) is 0.460. The van der Waals surface area contributed by atoms with Gasteiger partial charge < -0.3 is 15.2 Å². The van der Waals surface area contributed by atoms with Crippen LogP contribution in [0.2, 0.25) is 0 Å². The Labute approximate surface area is 136 Å². The van der Waals surface area contributed by atoms with Crippen molar-refractivity contribution in [3.63, 3.8) is 0 Å². The number of halogens is 1. The first-order chi connectivity index (χ1) is 10.3. The Morgan fingerprint density at radius 3 is 2.64 bits per heavy atom. The van der Waals surface area contributed by atoms with Crippen LogP contribution in [-0.2, 0) is 14.3 Å². The largest absolute Gasteiger partial charge is 0.453 e. The van der Waals surface area contributed by atoms with Gasteiger partial charge in [-0.05, 0) is 33.1 Å². The zero-order chi connectivity index (χ0) is 16.5. The molecule has 1 aliphatic carbocycles. The predicted octanol–water partition coefficient (Wildman–Crippen LogP) is 1.77. The summed E-state index contributed by atoms with van der Waals surface area (Å²) < 4.78 is 5.24. The Morgan fingerprint density at radius 2 is 2.18 bits per heavy atom. The topological polar surface area (TPSA) is 75.6 Å². The fraction of sp³-hybridized carbons (Fsp3) is 0.750. The summed E-state index contributed by atoms with van der Waals surface area (Å²) in [5, 5.41) is 13.4. The number of rotatable bonds is 2. The number of aliphatic hydroxyl groups is 1. The van der Waals surface area contributed by atoms with Crippen LogP contribution in [-0.4, -0.2) is 40.1 Å². The molecule has 2 heterocycles. The van der Waals surface area contributed by atoms with Crippen molar-refractivity contribution in [3.05, 3.63) is 12.2 Å². The van der Waals surface area contributed by atoms with Crippen LogP contribution in [0.3, 0.4) is 0 Å². The fourth-order valence-corrected chi connectivity index (χ4v) is 3.58. The summed E-state index contributed by atoms with van der Waals surface area (Å²) in [4.78, 5) is 23.9. The molecule has 0 saturated carbocycles.